The monoisotopic (exact) mass is 569 g/mol. The normalized spacial score (nSPS) is 12.6. The van der Waals surface area contributed by atoms with E-state index in [1.54, 1.807) is 42.2 Å². The maximum absolute atomic E-state index is 13.5. The van der Waals surface area contributed by atoms with Gasteiger partial charge in [0, 0.05) is 35.1 Å². The topological polar surface area (TPSA) is 86.8 Å². The Bertz CT molecular complexity index is 1200. The van der Waals surface area contributed by atoms with Crippen LogP contribution in [-0.4, -0.2) is 49.5 Å². The summed E-state index contributed by atoms with van der Waals surface area (Å²) in [6.07, 6.45) is 1.90. The van der Waals surface area contributed by atoms with Gasteiger partial charge in [-0.3, -0.25) is 13.9 Å². The summed E-state index contributed by atoms with van der Waals surface area (Å²) in [4.78, 5) is 28.2. The van der Waals surface area contributed by atoms with Crippen molar-refractivity contribution in [1.29, 1.82) is 0 Å². The van der Waals surface area contributed by atoms with Gasteiger partial charge in [0.15, 0.2) is 0 Å². The van der Waals surface area contributed by atoms with E-state index in [2.05, 4.69) is 5.32 Å². The number of benzene rings is 2. The third-order valence-electron chi connectivity index (χ3n) is 5.81. The first-order chi connectivity index (χ1) is 17.1. The number of amides is 2. The zero-order valence-electron chi connectivity index (χ0n) is 22.3. The molecule has 0 heterocycles. The fraction of sp³-hybridized carbons (Fsp3) is 0.481. The highest BCUT2D eigenvalue weighted by Gasteiger charge is 2.31. The van der Waals surface area contributed by atoms with Gasteiger partial charge in [-0.05, 0) is 75.9 Å². The Hall–Kier alpha value is -2.29. The van der Waals surface area contributed by atoms with Crippen molar-refractivity contribution in [3.05, 3.63) is 63.6 Å². The van der Waals surface area contributed by atoms with Crippen molar-refractivity contribution < 1.29 is 18.0 Å². The number of halogens is 2. The van der Waals surface area contributed by atoms with E-state index in [1.807, 2.05) is 39.8 Å². The third-order valence-corrected chi connectivity index (χ3v) is 7.65. The Morgan fingerprint density at radius 3 is 2.22 bits per heavy atom. The molecule has 0 aromatic heterocycles. The lowest BCUT2D eigenvalue weighted by Gasteiger charge is -2.33. The SMILES string of the molecule is CCC(C(=O)NC(C)(C)C)N(Cc1ccc(Cl)cc1)C(=O)CCCN(c1cccc(Cl)c1C)S(C)(=O)=O. The average Bonchev–Trinajstić information content (AvgIpc) is 2.78. The molecule has 7 nitrogen and oxygen atoms in total. The molecule has 2 rings (SSSR count). The largest absolute Gasteiger partial charge is 0.350 e. The lowest BCUT2D eigenvalue weighted by molar-refractivity contribution is -0.142. The Morgan fingerprint density at radius 2 is 1.68 bits per heavy atom. The molecule has 0 aliphatic carbocycles. The van der Waals surface area contributed by atoms with Gasteiger partial charge in [-0.1, -0.05) is 48.3 Å². The molecule has 0 saturated heterocycles. The van der Waals surface area contributed by atoms with E-state index in [1.165, 1.54) is 4.31 Å². The Kier molecular flexibility index (Phi) is 10.9. The van der Waals surface area contributed by atoms with Crippen LogP contribution in [0.15, 0.2) is 42.5 Å². The summed E-state index contributed by atoms with van der Waals surface area (Å²) in [5.74, 6) is -0.466. The lowest BCUT2D eigenvalue weighted by Crippen LogP contribution is -2.53. The molecule has 0 fully saturated rings. The molecule has 2 aromatic carbocycles. The minimum atomic E-state index is -3.61. The molecule has 0 spiro atoms. The molecule has 0 aliphatic rings. The summed E-state index contributed by atoms with van der Waals surface area (Å²) in [7, 11) is -3.61. The highest BCUT2D eigenvalue weighted by Crippen LogP contribution is 2.28. The van der Waals surface area contributed by atoms with Crippen molar-refractivity contribution in [1.82, 2.24) is 10.2 Å². The highest BCUT2D eigenvalue weighted by atomic mass is 35.5. The second kappa shape index (κ2) is 13.0. The summed E-state index contributed by atoms with van der Waals surface area (Å²) in [5.41, 5.74) is 1.52. The van der Waals surface area contributed by atoms with Gasteiger partial charge in [0.25, 0.3) is 0 Å². The number of carbonyl (C=O) groups excluding carboxylic acids is 2. The molecule has 37 heavy (non-hydrogen) atoms. The number of hydrogen-bond acceptors (Lipinski definition) is 4. The van der Waals surface area contributed by atoms with Gasteiger partial charge in [-0.15, -0.1) is 0 Å². The van der Waals surface area contributed by atoms with Crippen molar-refractivity contribution in [2.75, 3.05) is 17.1 Å². The molecule has 1 unspecified atom stereocenters. The average molecular weight is 571 g/mol. The first-order valence-electron chi connectivity index (χ1n) is 12.2. The Morgan fingerprint density at radius 1 is 1.05 bits per heavy atom. The van der Waals surface area contributed by atoms with Gasteiger partial charge in [-0.2, -0.15) is 0 Å². The van der Waals surface area contributed by atoms with Crippen LogP contribution in [0.4, 0.5) is 5.69 Å². The van der Waals surface area contributed by atoms with Crippen LogP contribution in [-0.2, 0) is 26.2 Å². The molecule has 0 saturated carbocycles. The molecule has 204 valence electrons. The number of nitrogens with zero attached hydrogens (tertiary/aromatic N) is 2. The summed E-state index contributed by atoms with van der Waals surface area (Å²) in [6.45, 7) is 9.62. The quantitative estimate of drug-likeness (QED) is 0.383. The van der Waals surface area contributed by atoms with Crippen LogP contribution in [0.25, 0.3) is 0 Å². The number of nitrogens with one attached hydrogen (secondary N) is 1. The maximum Gasteiger partial charge on any atom is 0.243 e. The molecule has 2 amide bonds. The second-order valence-corrected chi connectivity index (χ2v) is 12.9. The third kappa shape index (κ3) is 9.20. The fourth-order valence-corrected chi connectivity index (χ4v) is 5.32. The zero-order chi connectivity index (χ0) is 28.0. The molecule has 0 radical (unpaired) electrons. The van der Waals surface area contributed by atoms with Crippen molar-refractivity contribution in [3.63, 3.8) is 0 Å². The molecule has 0 aliphatic heterocycles. The van der Waals surface area contributed by atoms with Crippen LogP contribution in [0.1, 0.15) is 58.1 Å². The standard InChI is InChI=1S/C27H37Cl2N3O4S/c1-7-23(26(34)30-27(3,4)5)31(18-20-13-15-21(28)16-14-20)25(33)12-9-17-32(37(6,35)36)24-11-8-10-22(29)19(24)2/h8,10-11,13-16,23H,7,9,12,17-18H2,1-6H3,(H,30,34). The Labute approximate surface area is 231 Å². The highest BCUT2D eigenvalue weighted by molar-refractivity contribution is 7.92. The van der Waals surface area contributed by atoms with E-state index >= 15 is 0 Å². The van der Waals surface area contributed by atoms with Crippen LogP contribution in [0, 0.1) is 6.92 Å². The number of sulfonamides is 1. The van der Waals surface area contributed by atoms with Crippen molar-refractivity contribution in [3.8, 4) is 0 Å². The van der Waals surface area contributed by atoms with Crippen molar-refractivity contribution in [2.24, 2.45) is 0 Å². The molecule has 10 heteroatoms. The van der Waals surface area contributed by atoms with Gasteiger partial charge >= 0.3 is 0 Å². The van der Waals surface area contributed by atoms with Crippen LogP contribution >= 0.6 is 23.2 Å². The van der Waals surface area contributed by atoms with Gasteiger partial charge in [-0.25, -0.2) is 8.42 Å². The van der Waals surface area contributed by atoms with E-state index < -0.39 is 21.6 Å². The minimum absolute atomic E-state index is 0.0680. The molecule has 0 bridgehead atoms. The predicted octanol–water partition coefficient (Wildman–Crippen LogP) is 5.57. The van der Waals surface area contributed by atoms with Crippen LogP contribution < -0.4 is 9.62 Å². The van der Waals surface area contributed by atoms with Crippen molar-refractivity contribution >= 4 is 50.7 Å². The number of rotatable bonds is 11. The van der Waals surface area contributed by atoms with Gasteiger partial charge < -0.3 is 10.2 Å². The molecule has 1 N–H and O–H groups in total. The second-order valence-electron chi connectivity index (χ2n) is 10.1. The summed E-state index contributed by atoms with van der Waals surface area (Å²) in [5, 5.41) is 4.02. The van der Waals surface area contributed by atoms with Crippen LogP contribution in [0.5, 0.6) is 0 Å². The van der Waals surface area contributed by atoms with E-state index in [0.717, 1.165) is 11.8 Å². The Balaban J connectivity index is 2.27. The number of anilines is 1. The summed E-state index contributed by atoms with van der Waals surface area (Å²) in [6, 6.07) is 11.5. The first-order valence-corrected chi connectivity index (χ1v) is 14.8. The minimum Gasteiger partial charge on any atom is -0.350 e. The smallest absolute Gasteiger partial charge is 0.243 e. The van der Waals surface area contributed by atoms with Gasteiger partial charge in [0.2, 0.25) is 21.8 Å². The summed E-state index contributed by atoms with van der Waals surface area (Å²) < 4.78 is 26.4. The van der Waals surface area contributed by atoms with E-state index in [9.17, 15) is 18.0 Å². The molecule has 1 atom stereocenters. The van der Waals surface area contributed by atoms with E-state index in [4.69, 9.17) is 23.2 Å². The van der Waals surface area contributed by atoms with Crippen LogP contribution in [0.3, 0.4) is 0 Å². The first kappa shape index (κ1) is 30.9. The molecular formula is C27H37Cl2N3O4S. The predicted molar refractivity (Wildman–Crippen MR) is 152 cm³/mol. The molecular weight excluding hydrogens is 533 g/mol. The van der Waals surface area contributed by atoms with Gasteiger partial charge in [0.1, 0.15) is 6.04 Å². The fourth-order valence-electron chi connectivity index (χ4n) is 4.01. The van der Waals surface area contributed by atoms with E-state index in [0.29, 0.717) is 27.7 Å². The number of carbonyl (C=O) groups is 2. The van der Waals surface area contributed by atoms with E-state index in [-0.39, 0.29) is 37.7 Å². The zero-order valence-corrected chi connectivity index (χ0v) is 24.7. The van der Waals surface area contributed by atoms with Crippen LogP contribution in [0.2, 0.25) is 10.0 Å². The maximum atomic E-state index is 13.5. The molecule has 2 aromatic rings. The number of hydrogen-bond donors (Lipinski definition) is 1. The van der Waals surface area contributed by atoms with Crippen molar-refractivity contribution in [2.45, 2.75) is 72.0 Å². The summed E-state index contributed by atoms with van der Waals surface area (Å²) >= 11 is 12.2. The lowest BCUT2D eigenvalue weighted by atomic mass is 10.0. The van der Waals surface area contributed by atoms with Gasteiger partial charge in [0.05, 0.1) is 11.9 Å².